The van der Waals surface area contributed by atoms with Crippen LogP contribution in [0.5, 0.6) is 0 Å². The SMILES string of the molecule is OC1=NOC2CCNCC12. The molecule has 4 heteroatoms. The lowest BCUT2D eigenvalue weighted by atomic mass is 9.97. The Bertz CT molecular complexity index is 169. The molecule has 0 radical (unpaired) electrons. The van der Waals surface area contributed by atoms with E-state index in [0.717, 1.165) is 19.5 Å². The van der Waals surface area contributed by atoms with E-state index < -0.39 is 0 Å². The van der Waals surface area contributed by atoms with Crippen molar-refractivity contribution in [2.45, 2.75) is 12.5 Å². The van der Waals surface area contributed by atoms with Crippen molar-refractivity contribution in [2.75, 3.05) is 13.1 Å². The highest BCUT2D eigenvalue weighted by Crippen LogP contribution is 2.21. The number of oxime groups is 1. The predicted octanol–water partition coefficient (Wildman–Crippen LogP) is -0.134. The molecular formula is C6H10N2O2. The van der Waals surface area contributed by atoms with Crippen LogP contribution in [0.3, 0.4) is 0 Å². The van der Waals surface area contributed by atoms with Crippen molar-refractivity contribution >= 4 is 5.90 Å². The minimum atomic E-state index is 0.105. The van der Waals surface area contributed by atoms with Gasteiger partial charge >= 0.3 is 0 Å². The monoisotopic (exact) mass is 142 g/mol. The van der Waals surface area contributed by atoms with Gasteiger partial charge in [-0.05, 0) is 6.54 Å². The van der Waals surface area contributed by atoms with Crippen LogP contribution < -0.4 is 5.32 Å². The number of hydrogen-bond donors (Lipinski definition) is 2. The molecule has 2 unspecified atom stereocenters. The van der Waals surface area contributed by atoms with Crippen molar-refractivity contribution in [1.29, 1.82) is 0 Å². The van der Waals surface area contributed by atoms with Gasteiger partial charge < -0.3 is 15.3 Å². The van der Waals surface area contributed by atoms with Gasteiger partial charge in [0.1, 0.15) is 6.10 Å². The van der Waals surface area contributed by atoms with E-state index >= 15 is 0 Å². The van der Waals surface area contributed by atoms with Crippen LogP contribution in [0.4, 0.5) is 0 Å². The molecule has 2 atom stereocenters. The van der Waals surface area contributed by atoms with Gasteiger partial charge in [-0.2, -0.15) is 0 Å². The van der Waals surface area contributed by atoms with Crippen LogP contribution >= 0.6 is 0 Å². The van der Waals surface area contributed by atoms with Crippen LogP contribution in [-0.2, 0) is 4.84 Å². The Morgan fingerprint density at radius 3 is 3.40 bits per heavy atom. The number of aliphatic hydroxyl groups excluding tert-OH is 1. The molecule has 2 rings (SSSR count). The summed E-state index contributed by atoms with van der Waals surface area (Å²) in [6.07, 6.45) is 1.07. The molecule has 10 heavy (non-hydrogen) atoms. The van der Waals surface area contributed by atoms with Crippen LogP contribution in [0, 0.1) is 5.92 Å². The van der Waals surface area contributed by atoms with Gasteiger partial charge in [-0.3, -0.25) is 0 Å². The van der Waals surface area contributed by atoms with Gasteiger partial charge in [-0.15, -0.1) is 0 Å². The Balaban J connectivity index is 2.08. The molecule has 2 aliphatic heterocycles. The number of aliphatic hydroxyl groups is 1. The molecular weight excluding hydrogens is 132 g/mol. The first-order chi connectivity index (χ1) is 4.88. The third kappa shape index (κ3) is 0.759. The van der Waals surface area contributed by atoms with E-state index in [1.54, 1.807) is 0 Å². The number of hydrogen-bond acceptors (Lipinski definition) is 3. The third-order valence-corrected chi connectivity index (χ3v) is 2.03. The molecule has 0 aromatic heterocycles. The van der Waals surface area contributed by atoms with Gasteiger partial charge in [-0.25, -0.2) is 0 Å². The Labute approximate surface area is 58.9 Å². The van der Waals surface area contributed by atoms with Crippen molar-refractivity contribution in [3.05, 3.63) is 0 Å². The fourth-order valence-electron chi connectivity index (χ4n) is 1.41. The van der Waals surface area contributed by atoms with Gasteiger partial charge in [-0.1, -0.05) is 5.16 Å². The summed E-state index contributed by atoms with van der Waals surface area (Å²) in [5, 5.41) is 15.8. The van der Waals surface area contributed by atoms with E-state index in [0.29, 0.717) is 0 Å². The van der Waals surface area contributed by atoms with Crippen molar-refractivity contribution in [1.82, 2.24) is 5.32 Å². The second-order valence-electron chi connectivity index (χ2n) is 2.69. The van der Waals surface area contributed by atoms with Gasteiger partial charge in [0.15, 0.2) is 0 Å². The first-order valence-electron chi connectivity index (χ1n) is 3.51. The fourth-order valence-corrected chi connectivity index (χ4v) is 1.41. The molecule has 0 aromatic carbocycles. The molecule has 0 amide bonds. The van der Waals surface area contributed by atoms with Gasteiger partial charge in [0.25, 0.3) is 0 Å². The molecule has 0 bridgehead atoms. The zero-order valence-corrected chi connectivity index (χ0v) is 5.58. The fraction of sp³-hybridized carbons (Fsp3) is 0.833. The van der Waals surface area contributed by atoms with E-state index in [2.05, 4.69) is 10.5 Å². The van der Waals surface area contributed by atoms with E-state index in [1.807, 2.05) is 0 Å². The third-order valence-electron chi connectivity index (χ3n) is 2.03. The van der Waals surface area contributed by atoms with E-state index in [1.165, 1.54) is 0 Å². The lowest BCUT2D eigenvalue weighted by molar-refractivity contribution is 0.0449. The number of piperidine rings is 1. The summed E-state index contributed by atoms with van der Waals surface area (Å²) in [5.41, 5.74) is 0. The van der Waals surface area contributed by atoms with Crippen LogP contribution in [0.2, 0.25) is 0 Å². The number of nitrogens with zero attached hydrogens (tertiary/aromatic N) is 1. The molecule has 0 spiro atoms. The van der Waals surface area contributed by atoms with Crippen molar-refractivity contribution in [3.8, 4) is 0 Å². The number of rotatable bonds is 0. The maximum Gasteiger partial charge on any atom is 0.231 e. The maximum atomic E-state index is 9.11. The second-order valence-corrected chi connectivity index (χ2v) is 2.69. The number of fused-ring (bicyclic) bond motifs is 1. The highest BCUT2D eigenvalue weighted by Gasteiger charge is 2.35. The van der Waals surface area contributed by atoms with Crippen LogP contribution in [0.25, 0.3) is 0 Å². The van der Waals surface area contributed by atoms with Gasteiger partial charge in [0.05, 0.1) is 5.92 Å². The second kappa shape index (κ2) is 2.12. The smallest absolute Gasteiger partial charge is 0.231 e. The molecule has 1 fully saturated rings. The zero-order valence-electron chi connectivity index (χ0n) is 5.58. The summed E-state index contributed by atoms with van der Waals surface area (Å²) < 4.78 is 0. The van der Waals surface area contributed by atoms with E-state index in [-0.39, 0.29) is 17.9 Å². The largest absolute Gasteiger partial charge is 0.494 e. The van der Waals surface area contributed by atoms with Crippen molar-refractivity contribution < 1.29 is 9.94 Å². The lowest BCUT2D eigenvalue weighted by Gasteiger charge is -2.22. The highest BCUT2D eigenvalue weighted by atomic mass is 16.7. The normalized spacial score (nSPS) is 38.2. The van der Waals surface area contributed by atoms with Gasteiger partial charge in [0.2, 0.25) is 5.90 Å². The first kappa shape index (κ1) is 5.97. The molecule has 0 saturated carbocycles. The molecule has 0 aliphatic carbocycles. The molecule has 0 aromatic rings. The van der Waals surface area contributed by atoms with Crippen molar-refractivity contribution in [3.63, 3.8) is 0 Å². The maximum absolute atomic E-state index is 9.11. The summed E-state index contributed by atoms with van der Waals surface area (Å²) in [5.74, 6) is 0.256. The van der Waals surface area contributed by atoms with Crippen LogP contribution in [0.15, 0.2) is 5.16 Å². The van der Waals surface area contributed by atoms with Crippen LogP contribution in [0.1, 0.15) is 6.42 Å². The highest BCUT2D eigenvalue weighted by molar-refractivity contribution is 5.78. The summed E-state index contributed by atoms with van der Waals surface area (Å²) in [6.45, 7) is 1.75. The lowest BCUT2D eigenvalue weighted by Crippen LogP contribution is -2.41. The van der Waals surface area contributed by atoms with Crippen LogP contribution in [-0.4, -0.2) is 30.2 Å². The Kier molecular flexibility index (Phi) is 1.27. The Morgan fingerprint density at radius 1 is 1.70 bits per heavy atom. The quantitative estimate of drug-likeness (QED) is 0.495. The molecule has 2 heterocycles. The number of nitrogens with one attached hydrogen (secondary N) is 1. The molecule has 1 saturated heterocycles. The Hall–Kier alpha value is -0.770. The Morgan fingerprint density at radius 2 is 2.60 bits per heavy atom. The van der Waals surface area contributed by atoms with E-state index in [4.69, 9.17) is 9.94 Å². The summed E-state index contributed by atoms with van der Waals surface area (Å²) in [4.78, 5) is 4.97. The molecule has 2 aliphatic rings. The van der Waals surface area contributed by atoms with Gasteiger partial charge in [0, 0.05) is 13.0 Å². The summed E-state index contributed by atoms with van der Waals surface area (Å²) in [6, 6.07) is 0. The minimum Gasteiger partial charge on any atom is -0.494 e. The summed E-state index contributed by atoms with van der Waals surface area (Å²) >= 11 is 0. The molecule has 2 N–H and O–H groups in total. The first-order valence-corrected chi connectivity index (χ1v) is 3.51. The standard InChI is InChI=1S/C6H10N2O2/c9-6-4-3-7-2-1-5(4)10-8-6/h4-5,7H,1-3H2,(H,8,9). The zero-order chi connectivity index (χ0) is 6.97. The van der Waals surface area contributed by atoms with E-state index in [9.17, 15) is 0 Å². The molecule has 56 valence electrons. The average molecular weight is 142 g/mol. The summed E-state index contributed by atoms with van der Waals surface area (Å²) in [7, 11) is 0. The minimum absolute atomic E-state index is 0.105. The topological polar surface area (TPSA) is 53.9 Å². The predicted molar refractivity (Wildman–Crippen MR) is 35.9 cm³/mol. The van der Waals surface area contributed by atoms with Crippen molar-refractivity contribution in [2.24, 2.45) is 11.1 Å². The molecule has 4 nitrogen and oxygen atoms in total. The average Bonchev–Trinajstić information content (AvgIpc) is 2.34.